The zero-order chi connectivity index (χ0) is 7.78. The van der Waals surface area contributed by atoms with E-state index in [1.807, 2.05) is 0 Å². The van der Waals surface area contributed by atoms with E-state index in [1.54, 1.807) is 0 Å². The van der Waals surface area contributed by atoms with Crippen LogP contribution in [0, 0.1) is 5.41 Å². The van der Waals surface area contributed by atoms with Crippen LogP contribution in [0.5, 0.6) is 0 Å². The molecule has 1 aliphatic rings. The molecule has 0 saturated carbocycles. The molecule has 1 fully saturated rings. The Morgan fingerprint density at radius 1 is 1.50 bits per heavy atom. The van der Waals surface area contributed by atoms with E-state index >= 15 is 0 Å². The molecule has 0 amide bonds. The molecule has 0 N–H and O–H groups in total. The normalized spacial score (nSPS) is 36.0. The van der Waals surface area contributed by atoms with Crippen LogP contribution in [0.2, 0.25) is 0 Å². The maximum atomic E-state index is 13.2. The van der Waals surface area contributed by atoms with Crippen molar-refractivity contribution in [2.24, 2.45) is 5.41 Å². The Hall–Kier alpha value is 0.660. The standard InChI is InChI=1S/C8H16FI/c1-7-4-5-8(2,3)6-10(7)9/h7H,4-6H2,1-3H3/t7-/m1/s1. The van der Waals surface area contributed by atoms with Gasteiger partial charge in [-0.25, -0.2) is 0 Å². The third kappa shape index (κ3) is 2.07. The van der Waals surface area contributed by atoms with Crippen LogP contribution in [0.4, 0.5) is 2.86 Å². The van der Waals surface area contributed by atoms with E-state index in [9.17, 15) is 2.86 Å². The molecule has 0 spiro atoms. The summed E-state index contributed by atoms with van der Waals surface area (Å²) in [7, 11) is 0. The minimum absolute atomic E-state index is 0.326. The third-order valence-corrected chi connectivity index (χ3v) is 7.84. The molecule has 10 heavy (non-hydrogen) atoms. The van der Waals surface area contributed by atoms with E-state index < -0.39 is 20.4 Å². The molecule has 0 aromatic rings. The average Bonchev–Trinajstić information content (AvgIpc) is 1.79. The Morgan fingerprint density at radius 2 is 2.10 bits per heavy atom. The fraction of sp³-hybridized carbons (Fsp3) is 1.00. The van der Waals surface area contributed by atoms with Crippen LogP contribution in [0.3, 0.4) is 0 Å². The summed E-state index contributed by atoms with van der Waals surface area (Å²) >= 11 is -1.98. The molecule has 62 valence electrons. The Kier molecular flexibility index (Phi) is 2.59. The Balaban J connectivity index is 2.49. The van der Waals surface area contributed by atoms with Crippen LogP contribution < -0.4 is 0 Å². The van der Waals surface area contributed by atoms with Crippen molar-refractivity contribution in [2.75, 3.05) is 4.43 Å². The third-order valence-electron chi connectivity index (χ3n) is 2.11. The van der Waals surface area contributed by atoms with Gasteiger partial charge in [0.1, 0.15) is 0 Å². The Labute approximate surface area is 70.7 Å². The van der Waals surface area contributed by atoms with E-state index in [0.717, 1.165) is 10.8 Å². The van der Waals surface area contributed by atoms with Crippen molar-refractivity contribution in [1.29, 1.82) is 0 Å². The van der Waals surface area contributed by atoms with Gasteiger partial charge in [-0.05, 0) is 0 Å². The predicted octanol–water partition coefficient (Wildman–Crippen LogP) is 3.59. The quantitative estimate of drug-likeness (QED) is 0.460. The number of halogens is 2. The summed E-state index contributed by atoms with van der Waals surface area (Å²) in [6.45, 7) is 6.48. The van der Waals surface area contributed by atoms with Gasteiger partial charge in [0.05, 0.1) is 0 Å². The summed E-state index contributed by atoms with van der Waals surface area (Å²) in [4.78, 5) is 0. The first-order valence-corrected chi connectivity index (χ1v) is 7.41. The zero-order valence-electron chi connectivity index (χ0n) is 6.95. The van der Waals surface area contributed by atoms with E-state index in [4.69, 9.17) is 0 Å². The van der Waals surface area contributed by atoms with Crippen LogP contribution in [0.15, 0.2) is 0 Å². The van der Waals surface area contributed by atoms with Crippen molar-refractivity contribution in [1.82, 2.24) is 0 Å². The van der Waals surface area contributed by atoms with Crippen molar-refractivity contribution in [3.63, 3.8) is 0 Å². The van der Waals surface area contributed by atoms with Gasteiger partial charge in [0.25, 0.3) is 0 Å². The van der Waals surface area contributed by atoms with Crippen LogP contribution in [0.1, 0.15) is 33.6 Å². The van der Waals surface area contributed by atoms with Crippen molar-refractivity contribution in [3.05, 3.63) is 0 Å². The maximum absolute atomic E-state index is 13.2. The van der Waals surface area contributed by atoms with Crippen LogP contribution in [0.25, 0.3) is 0 Å². The summed E-state index contributed by atoms with van der Waals surface area (Å²) < 4.78 is 14.6. The van der Waals surface area contributed by atoms with Gasteiger partial charge in [-0.2, -0.15) is 0 Å². The van der Waals surface area contributed by atoms with Gasteiger partial charge >= 0.3 is 70.6 Å². The molecular weight excluding hydrogens is 242 g/mol. The number of hydrogen-bond acceptors (Lipinski definition) is 0. The van der Waals surface area contributed by atoms with Gasteiger partial charge in [0.2, 0.25) is 0 Å². The number of alkyl halides is 2. The van der Waals surface area contributed by atoms with Crippen molar-refractivity contribution < 1.29 is 2.86 Å². The first-order valence-electron chi connectivity index (χ1n) is 3.82. The van der Waals surface area contributed by atoms with Crippen LogP contribution in [-0.4, -0.2) is 8.35 Å². The average molecular weight is 258 g/mol. The first kappa shape index (κ1) is 8.75. The molecule has 0 bridgehead atoms. The SMILES string of the molecule is C[C@@H]1CCC(C)(C)CI1F. The summed E-state index contributed by atoms with van der Waals surface area (Å²) in [5.74, 6) is 0. The molecule has 1 aliphatic heterocycles. The molecule has 0 nitrogen and oxygen atoms in total. The minimum atomic E-state index is -1.98. The van der Waals surface area contributed by atoms with Crippen molar-refractivity contribution in [2.45, 2.75) is 37.5 Å². The topological polar surface area (TPSA) is 0 Å². The van der Waals surface area contributed by atoms with Gasteiger partial charge < -0.3 is 0 Å². The fourth-order valence-electron chi connectivity index (χ4n) is 1.25. The first-order chi connectivity index (χ1) is 4.51. The van der Waals surface area contributed by atoms with E-state index in [0.29, 0.717) is 9.34 Å². The van der Waals surface area contributed by atoms with E-state index in [2.05, 4.69) is 20.8 Å². The molecule has 0 unspecified atom stereocenters. The summed E-state index contributed by atoms with van der Waals surface area (Å²) in [5, 5.41) is 0. The molecule has 0 aliphatic carbocycles. The van der Waals surface area contributed by atoms with Crippen molar-refractivity contribution >= 4 is 20.4 Å². The molecule has 1 atom stereocenters. The summed E-state index contributed by atoms with van der Waals surface area (Å²) in [5.41, 5.74) is 0.326. The molecule has 1 saturated heterocycles. The fourth-order valence-corrected chi connectivity index (χ4v) is 5.35. The zero-order valence-corrected chi connectivity index (χ0v) is 9.11. The van der Waals surface area contributed by atoms with E-state index in [-0.39, 0.29) is 0 Å². The second kappa shape index (κ2) is 2.95. The van der Waals surface area contributed by atoms with Crippen LogP contribution >= 0.6 is 20.4 Å². The monoisotopic (exact) mass is 258 g/mol. The van der Waals surface area contributed by atoms with Gasteiger partial charge in [0, 0.05) is 0 Å². The molecule has 0 radical (unpaired) electrons. The van der Waals surface area contributed by atoms with Crippen LogP contribution in [-0.2, 0) is 0 Å². The van der Waals surface area contributed by atoms with E-state index in [1.165, 1.54) is 6.42 Å². The van der Waals surface area contributed by atoms with Crippen molar-refractivity contribution in [3.8, 4) is 0 Å². The Morgan fingerprint density at radius 3 is 2.50 bits per heavy atom. The molecule has 2 heteroatoms. The second-order valence-corrected chi connectivity index (χ2v) is 8.77. The summed E-state index contributed by atoms with van der Waals surface area (Å²) in [6, 6.07) is 0. The second-order valence-electron chi connectivity index (χ2n) is 3.96. The molecule has 0 aromatic heterocycles. The van der Waals surface area contributed by atoms with Gasteiger partial charge in [-0.15, -0.1) is 0 Å². The molecule has 0 aromatic carbocycles. The molecule has 1 rings (SSSR count). The number of rotatable bonds is 0. The van der Waals surface area contributed by atoms with Gasteiger partial charge in [-0.1, -0.05) is 0 Å². The van der Waals surface area contributed by atoms with Gasteiger partial charge in [-0.3, -0.25) is 0 Å². The Bertz CT molecular complexity index is 122. The van der Waals surface area contributed by atoms with Gasteiger partial charge in [0.15, 0.2) is 0 Å². The molecular formula is C8H16FI. The number of hydrogen-bond donors (Lipinski definition) is 0. The molecule has 1 heterocycles. The summed E-state index contributed by atoms with van der Waals surface area (Å²) in [6.07, 6.45) is 2.36. The predicted molar refractivity (Wildman–Crippen MR) is 52.5 cm³/mol.